The van der Waals surface area contributed by atoms with Crippen molar-refractivity contribution in [1.82, 2.24) is 20.2 Å². The van der Waals surface area contributed by atoms with E-state index in [0.29, 0.717) is 31.3 Å². The van der Waals surface area contributed by atoms with E-state index in [1.165, 1.54) is 0 Å². The lowest BCUT2D eigenvalue weighted by Crippen LogP contribution is -2.46. The standard InChI is InChI=1S/C14H20N4O2/c1-3-7-16-14(19)18-9-5-12(6-10-18)20-13-4-8-15-11(2)17-13/h3-4,8,12H,1,5-7,9-10H2,2H3,(H,16,19). The molecule has 1 aliphatic rings. The lowest BCUT2D eigenvalue weighted by Gasteiger charge is -2.31. The van der Waals surface area contributed by atoms with Crippen molar-refractivity contribution < 1.29 is 9.53 Å². The van der Waals surface area contributed by atoms with E-state index in [0.717, 1.165) is 12.8 Å². The minimum absolute atomic E-state index is 0.0405. The number of rotatable bonds is 4. The molecule has 0 aromatic carbocycles. The molecule has 2 rings (SSSR count). The van der Waals surface area contributed by atoms with Crippen molar-refractivity contribution >= 4 is 6.03 Å². The normalized spacial score (nSPS) is 15.8. The monoisotopic (exact) mass is 276 g/mol. The Hall–Kier alpha value is -2.11. The summed E-state index contributed by atoms with van der Waals surface area (Å²) in [5, 5.41) is 2.78. The van der Waals surface area contributed by atoms with Crippen molar-refractivity contribution in [3.8, 4) is 5.88 Å². The first-order valence-electron chi connectivity index (χ1n) is 6.79. The summed E-state index contributed by atoms with van der Waals surface area (Å²) in [6.07, 6.45) is 5.09. The van der Waals surface area contributed by atoms with Crippen LogP contribution in [0.4, 0.5) is 4.79 Å². The number of carbonyl (C=O) groups is 1. The lowest BCUT2D eigenvalue weighted by molar-refractivity contribution is 0.107. The zero-order valence-corrected chi connectivity index (χ0v) is 11.7. The number of piperidine rings is 1. The highest BCUT2D eigenvalue weighted by Gasteiger charge is 2.23. The quantitative estimate of drug-likeness (QED) is 0.847. The average Bonchev–Trinajstić information content (AvgIpc) is 2.45. The van der Waals surface area contributed by atoms with Gasteiger partial charge in [0.2, 0.25) is 5.88 Å². The zero-order valence-electron chi connectivity index (χ0n) is 11.7. The van der Waals surface area contributed by atoms with Crippen molar-refractivity contribution in [2.75, 3.05) is 19.6 Å². The summed E-state index contributed by atoms with van der Waals surface area (Å²) < 4.78 is 5.82. The van der Waals surface area contributed by atoms with Crippen LogP contribution in [0, 0.1) is 6.92 Å². The number of nitrogens with zero attached hydrogens (tertiary/aromatic N) is 3. The van der Waals surface area contributed by atoms with E-state index in [-0.39, 0.29) is 12.1 Å². The summed E-state index contributed by atoms with van der Waals surface area (Å²) in [6, 6.07) is 1.72. The van der Waals surface area contributed by atoms with E-state index in [4.69, 9.17) is 4.74 Å². The predicted octanol–water partition coefficient (Wildman–Crippen LogP) is 1.52. The maximum absolute atomic E-state index is 11.8. The topological polar surface area (TPSA) is 67.4 Å². The molecule has 0 spiro atoms. The molecule has 6 nitrogen and oxygen atoms in total. The zero-order chi connectivity index (χ0) is 14.4. The Bertz CT molecular complexity index is 470. The molecule has 2 heterocycles. The molecule has 1 aromatic rings. The number of aromatic nitrogens is 2. The van der Waals surface area contributed by atoms with Crippen LogP contribution in [0.5, 0.6) is 5.88 Å². The minimum atomic E-state index is -0.0405. The summed E-state index contributed by atoms with van der Waals surface area (Å²) in [7, 11) is 0. The Morgan fingerprint density at radius 2 is 2.35 bits per heavy atom. The highest BCUT2D eigenvalue weighted by atomic mass is 16.5. The molecule has 1 fully saturated rings. The molecule has 0 radical (unpaired) electrons. The number of hydrogen-bond donors (Lipinski definition) is 1. The second-order valence-corrected chi connectivity index (χ2v) is 4.72. The van der Waals surface area contributed by atoms with Gasteiger partial charge in [-0.05, 0) is 6.92 Å². The molecular weight excluding hydrogens is 256 g/mol. The van der Waals surface area contributed by atoms with E-state index in [1.807, 2.05) is 6.92 Å². The highest BCUT2D eigenvalue weighted by molar-refractivity contribution is 5.74. The van der Waals surface area contributed by atoms with Crippen LogP contribution in [0.2, 0.25) is 0 Å². The van der Waals surface area contributed by atoms with Crippen LogP contribution in [-0.4, -0.2) is 46.6 Å². The Morgan fingerprint density at radius 1 is 1.60 bits per heavy atom. The highest BCUT2D eigenvalue weighted by Crippen LogP contribution is 2.17. The Morgan fingerprint density at radius 3 is 3.00 bits per heavy atom. The molecule has 20 heavy (non-hydrogen) atoms. The van der Waals surface area contributed by atoms with Gasteiger partial charge in [-0.1, -0.05) is 6.08 Å². The largest absolute Gasteiger partial charge is 0.474 e. The van der Waals surface area contributed by atoms with Crippen LogP contribution in [0.25, 0.3) is 0 Å². The van der Waals surface area contributed by atoms with Crippen LogP contribution in [0.15, 0.2) is 24.9 Å². The van der Waals surface area contributed by atoms with Gasteiger partial charge in [-0.15, -0.1) is 6.58 Å². The number of hydrogen-bond acceptors (Lipinski definition) is 4. The number of aryl methyl sites for hydroxylation is 1. The average molecular weight is 276 g/mol. The first kappa shape index (κ1) is 14.3. The van der Waals surface area contributed by atoms with Crippen molar-refractivity contribution in [3.63, 3.8) is 0 Å². The van der Waals surface area contributed by atoms with Gasteiger partial charge >= 0.3 is 6.03 Å². The minimum Gasteiger partial charge on any atom is -0.474 e. The van der Waals surface area contributed by atoms with E-state index < -0.39 is 0 Å². The van der Waals surface area contributed by atoms with Crippen LogP contribution < -0.4 is 10.1 Å². The third-order valence-electron chi connectivity index (χ3n) is 3.16. The number of amides is 2. The van der Waals surface area contributed by atoms with Crippen LogP contribution in [0.1, 0.15) is 18.7 Å². The van der Waals surface area contributed by atoms with Crippen LogP contribution in [-0.2, 0) is 0 Å². The number of likely N-dealkylation sites (tertiary alicyclic amines) is 1. The number of urea groups is 1. The van der Waals surface area contributed by atoms with E-state index in [2.05, 4.69) is 21.9 Å². The fourth-order valence-corrected chi connectivity index (χ4v) is 2.12. The second kappa shape index (κ2) is 6.88. The number of carbonyl (C=O) groups excluding carboxylic acids is 1. The van der Waals surface area contributed by atoms with Gasteiger partial charge in [0, 0.05) is 44.7 Å². The molecule has 108 valence electrons. The first-order valence-corrected chi connectivity index (χ1v) is 6.79. The molecule has 0 unspecified atom stereocenters. The van der Waals surface area contributed by atoms with Gasteiger partial charge in [0.25, 0.3) is 0 Å². The smallest absolute Gasteiger partial charge is 0.317 e. The first-order chi connectivity index (χ1) is 9.69. The second-order valence-electron chi connectivity index (χ2n) is 4.72. The molecule has 1 aromatic heterocycles. The van der Waals surface area contributed by atoms with Crippen LogP contribution in [0.3, 0.4) is 0 Å². The van der Waals surface area contributed by atoms with Crippen molar-refractivity contribution in [2.24, 2.45) is 0 Å². The molecule has 6 heteroatoms. The van der Waals surface area contributed by atoms with Gasteiger partial charge in [-0.2, -0.15) is 4.98 Å². The Labute approximate surface area is 118 Å². The SMILES string of the molecule is C=CCNC(=O)N1CCC(Oc2ccnc(C)n2)CC1. The molecule has 1 aliphatic heterocycles. The van der Waals surface area contributed by atoms with E-state index in [1.54, 1.807) is 23.2 Å². The van der Waals surface area contributed by atoms with Crippen molar-refractivity contribution in [2.45, 2.75) is 25.9 Å². The molecule has 0 saturated carbocycles. The number of nitrogens with one attached hydrogen (secondary N) is 1. The van der Waals surface area contributed by atoms with Gasteiger partial charge < -0.3 is 15.0 Å². The summed E-state index contributed by atoms with van der Waals surface area (Å²) in [4.78, 5) is 21.8. The lowest BCUT2D eigenvalue weighted by atomic mass is 10.1. The van der Waals surface area contributed by atoms with Crippen molar-refractivity contribution in [3.05, 3.63) is 30.7 Å². The fraction of sp³-hybridized carbons (Fsp3) is 0.500. The molecule has 1 N–H and O–H groups in total. The van der Waals surface area contributed by atoms with Gasteiger partial charge in [-0.25, -0.2) is 9.78 Å². The molecule has 1 saturated heterocycles. The van der Waals surface area contributed by atoms with Crippen molar-refractivity contribution in [1.29, 1.82) is 0 Å². The van der Waals surface area contributed by atoms with E-state index >= 15 is 0 Å². The third-order valence-corrected chi connectivity index (χ3v) is 3.16. The molecule has 0 aliphatic carbocycles. The molecule has 0 bridgehead atoms. The Kier molecular flexibility index (Phi) is 4.92. The summed E-state index contributed by atoms with van der Waals surface area (Å²) in [6.45, 7) is 7.29. The summed E-state index contributed by atoms with van der Waals surface area (Å²) in [5.74, 6) is 1.30. The molecule has 2 amide bonds. The molecule has 0 atom stereocenters. The molecular formula is C14H20N4O2. The van der Waals surface area contributed by atoms with Gasteiger partial charge in [-0.3, -0.25) is 0 Å². The van der Waals surface area contributed by atoms with E-state index in [9.17, 15) is 4.79 Å². The van der Waals surface area contributed by atoms with Gasteiger partial charge in [0.1, 0.15) is 11.9 Å². The van der Waals surface area contributed by atoms with Gasteiger partial charge in [0.05, 0.1) is 0 Å². The Balaban J connectivity index is 1.79. The maximum Gasteiger partial charge on any atom is 0.317 e. The fourth-order valence-electron chi connectivity index (χ4n) is 2.12. The third kappa shape index (κ3) is 3.94. The predicted molar refractivity (Wildman–Crippen MR) is 75.6 cm³/mol. The maximum atomic E-state index is 11.8. The van der Waals surface area contributed by atoms with Crippen LogP contribution >= 0.6 is 0 Å². The number of ether oxygens (including phenoxy) is 1. The summed E-state index contributed by atoms with van der Waals surface area (Å²) in [5.41, 5.74) is 0. The van der Waals surface area contributed by atoms with Gasteiger partial charge in [0.15, 0.2) is 0 Å². The summed E-state index contributed by atoms with van der Waals surface area (Å²) >= 11 is 0.